The lowest BCUT2D eigenvalue weighted by molar-refractivity contribution is 0.122. The Morgan fingerprint density at radius 1 is 0.870 bits per heavy atom. The molecule has 0 bridgehead atoms. The molecule has 0 amide bonds. The first-order valence-electron chi connectivity index (χ1n) is 9.10. The van der Waals surface area contributed by atoms with Crippen molar-refractivity contribution in [3.63, 3.8) is 0 Å². The molecular weight excluding hydrogens is 431 g/mol. The van der Waals surface area contributed by atoms with Crippen molar-refractivity contribution < 1.29 is 8.85 Å². The number of rotatable bonds is 9. The smallest absolute Gasteiger partial charge is 0.200 e. The van der Waals surface area contributed by atoms with E-state index in [1.54, 1.807) is 0 Å². The molecule has 140 valence electrons. The molecule has 0 unspecified atom stereocenters. The van der Waals surface area contributed by atoms with Gasteiger partial charge < -0.3 is 8.85 Å². The lowest BCUT2D eigenvalue weighted by Gasteiger charge is -2.45. The molecule has 0 aromatic carbocycles. The van der Waals surface area contributed by atoms with Gasteiger partial charge in [-0.1, -0.05) is 84.9 Å². The maximum atomic E-state index is 6.91. The molecule has 0 aromatic heterocycles. The van der Waals surface area contributed by atoms with Crippen molar-refractivity contribution >= 4 is 39.2 Å². The van der Waals surface area contributed by atoms with Gasteiger partial charge in [-0.2, -0.15) is 0 Å². The van der Waals surface area contributed by atoms with Crippen LogP contribution in [-0.4, -0.2) is 33.8 Å². The molecule has 0 saturated heterocycles. The first kappa shape index (κ1) is 24.1. The molecule has 0 aliphatic rings. The third-order valence-corrected chi connectivity index (χ3v) is 17.3. The number of alkyl halides is 1. The molecule has 0 radical (unpaired) electrons. The van der Waals surface area contributed by atoms with Crippen LogP contribution in [0.5, 0.6) is 0 Å². The molecule has 2 nitrogen and oxygen atoms in total. The molecule has 23 heavy (non-hydrogen) atoms. The Hall–Kier alpha value is 1.08. The highest BCUT2D eigenvalue weighted by molar-refractivity contribution is 14.1. The molecule has 0 fully saturated rings. The van der Waals surface area contributed by atoms with Crippen molar-refractivity contribution in [2.45, 2.75) is 103 Å². The Kier molecular flexibility index (Phi) is 9.58. The first-order chi connectivity index (χ1) is 10.2. The van der Waals surface area contributed by atoms with Gasteiger partial charge in [-0.05, 0) is 34.8 Å². The van der Waals surface area contributed by atoms with Crippen LogP contribution >= 0.6 is 22.6 Å². The molecule has 0 N–H and O–H groups in total. The fourth-order valence-electron chi connectivity index (χ4n) is 3.32. The average molecular weight is 473 g/mol. The minimum Gasteiger partial charge on any atom is -0.414 e. The van der Waals surface area contributed by atoms with Crippen LogP contribution in [0.4, 0.5) is 0 Å². The van der Waals surface area contributed by atoms with E-state index in [4.69, 9.17) is 8.85 Å². The standard InChI is InChI=1S/C18H41IO2Si2/c1-14(2)23(15(3)4,16(5)6)21-17(12-19)13-20-22(10,11)18(7,8)9/h14-17H,12-13H2,1-11H3/t17-/m0/s1. The van der Waals surface area contributed by atoms with Gasteiger partial charge in [0.05, 0.1) is 12.7 Å². The summed E-state index contributed by atoms with van der Waals surface area (Å²) in [5, 5.41) is 0.255. The zero-order chi connectivity index (χ0) is 18.6. The summed E-state index contributed by atoms with van der Waals surface area (Å²) in [6.45, 7) is 26.4. The molecule has 0 heterocycles. The topological polar surface area (TPSA) is 18.5 Å². The first-order valence-corrected chi connectivity index (χ1v) is 15.7. The second-order valence-corrected chi connectivity index (χ2v) is 20.4. The van der Waals surface area contributed by atoms with Crippen molar-refractivity contribution in [2.75, 3.05) is 11.0 Å². The Labute approximate surface area is 161 Å². The van der Waals surface area contributed by atoms with Crippen LogP contribution in [0.15, 0.2) is 0 Å². The third kappa shape index (κ3) is 6.08. The van der Waals surface area contributed by atoms with Crippen LogP contribution in [0.1, 0.15) is 62.3 Å². The van der Waals surface area contributed by atoms with E-state index in [-0.39, 0.29) is 11.1 Å². The zero-order valence-corrected chi connectivity index (χ0v) is 21.6. The third-order valence-electron chi connectivity index (χ3n) is 5.69. The monoisotopic (exact) mass is 472 g/mol. The van der Waals surface area contributed by atoms with Gasteiger partial charge in [0, 0.05) is 4.43 Å². The van der Waals surface area contributed by atoms with Crippen molar-refractivity contribution in [3.05, 3.63) is 0 Å². The molecule has 0 saturated carbocycles. The molecule has 0 spiro atoms. The highest BCUT2D eigenvalue weighted by Crippen LogP contribution is 2.43. The molecule has 0 aliphatic heterocycles. The maximum absolute atomic E-state index is 6.91. The quantitative estimate of drug-likeness (QED) is 0.204. The number of halogens is 1. The van der Waals surface area contributed by atoms with Crippen LogP contribution in [0.2, 0.25) is 34.8 Å². The van der Waals surface area contributed by atoms with E-state index in [9.17, 15) is 0 Å². The van der Waals surface area contributed by atoms with Gasteiger partial charge in [-0.15, -0.1) is 0 Å². The summed E-state index contributed by atoms with van der Waals surface area (Å²) in [4.78, 5) is 0. The average Bonchev–Trinajstić information content (AvgIpc) is 2.36. The van der Waals surface area contributed by atoms with E-state index in [0.717, 1.165) is 11.0 Å². The highest BCUT2D eigenvalue weighted by atomic mass is 127. The molecule has 0 aliphatic carbocycles. The van der Waals surface area contributed by atoms with E-state index in [0.29, 0.717) is 16.6 Å². The number of hydrogen-bond acceptors (Lipinski definition) is 2. The summed E-state index contributed by atoms with van der Waals surface area (Å²) in [6.07, 6.45) is 0.226. The van der Waals surface area contributed by atoms with Crippen molar-refractivity contribution in [1.29, 1.82) is 0 Å². The summed E-state index contributed by atoms with van der Waals surface area (Å²) < 4.78 is 14.4. The van der Waals surface area contributed by atoms with E-state index in [2.05, 4.69) is 98.0 Å². The van der Waals surface area contributed by atoms with Crippen LogP contribution in [0.25, 0.3) is 0 Å². The van der Waals surface area contributed by atoms with E-state index in [1.165, 1.54) is 0 Å². The minimum atomic E-state index is -1.82. The van der Waals surface area contributed by atoms with E-state index >= 15 is 0 Å². The largest absolute Gasteiger partial charge is 0.414 e. The van der Waals surface area contributed by atoms with Crippen LogP contribution in [0, 0.1) is 0 Å². The number of hydrogen-bond donors (Lipinski definition) is 0. The van der Waals surface area contributed by atoms with Gasteiger partial charge >= 0.3 is 0 Å². The normalized spacial score (nSPS) is 15.8. The Morgan fingerprint density at radius 2 is 1.26 bits per heavy atom. The molecule has 0 aromatic rings. The molecule has 1 atom stereocenters. The minimum absolute atomic E-state index is 0.226. The lowest BCUT2D eigenvalue weighted by atomic mass is 10.2. The second kappa shape index (κ2) is 9.15. The van der Waals surface area contributed by atoms with Crippen molar-refractivity contribution in [3.8, 4) is 0 Å². The van der Waals surface area contributed by atoms with Gasteiger partial charge in [0.15, 0.2) is 8.32 Å². The summed E-state index contributed by atoms with van der Waals surface area (Å²) in [6, 6.07) is 0. The fraction of sp³-hybridized carbons (Fsp3) is 1.00. The van der Waals surface area contributed by atoms with Gasteiger partial charge in [0.2, 0.25) is 8.32 Å². The van der Waals surface area contributed by atoms with Crippen LogP contribution < -0.4 is 0 Å². The highest BCUT2D eigenvalue weighted by Gasteiger charge is 2.47. The van der Waals surface area contributed by atoms with Gasteiger partial charge in [0.25, 0.3) is 0 Å². The Bertz CT molecular complexity index is 328. The predicted molar refractivity (Wildman–Crippen MR) is 118 cm³/mol. The lowest BCUT2D eigenvalue weighted by Crippen LogP contribution is -2.52. The maximum Gasteiger partial charge on any atom is 0.200 e. The summed E-state index contributed by atoms with van der Waals surface area (Å²) in [5.74, 6) is 0. The second-order valence-electron chi connectivity index (χ2n) is 9.28. The van der Waals surface area contributed by atoms with E-state index in [1.807, 2.05) is 0 Å². The summed E-state index contributed by atoms with van der Waals surface area (Å²) in [5.41, 5.74) is 1.88. The van der Waals surface area contributed by atoms with Crippen molar-refractivity contribution in [1.82, 2.24) is 0 Å². The van der Waals surface area contributed by atoms with Gasteiger partial charge in [-0.25, -0.2) is 0 Å². The Morgan fingerprint density at radius 3 is 1.52 bits per heavy atom. The molecular formula is C18H41IO2Si2. The molecule has 0 rings (SSSR count). The van der Waals surface area contributed by atoms with Crippen LogP contribution in [0.3, 0.4) is 0 Å². The van der Waals surface area contributed by atoms with Crippen LogP contribution in [-0.2, 0) is 8.85 Å². The SMILES string of the molecule is CC(C)[Si](O[C@@H](CI)CO[Si](C)(C)C(C)(C)C)(C(C)C)C(C)C. The van der Waals surface area contributed by atoms with Gasteiger partial charge in [0.1, 0.15) is 0 Å². The van der Waals surface area contributed by atoms with Gasteiger partial charge in [-0.3, -0.25) is 0 Å². The fourth-order valence-corrected chi connectivity index (χ4v) is 10.7. The zero-order valence-electron chi connectivity index (χ0n) is 17.4. The Balaban J connectivity index is 5.18. The predicted octanol–water partition coefficient (Wildman–Crippen LogP) is 7.00. The van der Waals surface area contributed by atoms with Crippen molar-refractivity contribution in [2.24, 2.45) is 0 Å². The summed E-state index contributed by atoms with van der Waals surface area (Å²) >= 11 is 2.46. The molecule has 5 heteroatoms. The summed E-state index contributed by atoms with van der Waals surface area (Å²) in [7, 11) is -3.53. The van der Waals surface area contributed by atoms with E-state index < -0.39 is 16.6 Å².